The second-order valence-corrected chi connectivity index (χ2v) is 5.91. The second kappa shape index (κ2) is 7.55. The van der Waals surface area contributed by atoms with Gasteiger partial charge in [0.25, 0.3) is 5.91 Å². The van der Waals surface area contributed by atoms with Crippen molar-refractivity contribution in [1.29, 1.82) is 0 Å². The molecule has 4 N–H and O–H groups in total. The van der Waals surface area contributed by atoms with Gasteiger partial charge in [-0.05, 0) is 17.7 Å². The number of nitrogen functional groups attached to an aromatic ring is 1. The number of amides is 1. The van der Waals surface area contributed by atoms with E-state index in [1.165, 1.54) is 0 Å². The van der Waals surface area contributed by atoms with Crippen molar-refractivity contribution in [2.75, 3.05) is 22.9 Å². The third kappa shape index (κ3) is 4.75. The van der Waals surface area contributed by atoms with E-state index < -0.39 is 18.6 Å². The number of nitrogens with zero attached hydrogens (tertiary/aromatic N) is 4. The number of aromatic nitrogens is 4. The molecule has 146 valence electrons. The molecule has 0 aliphatic carbocycles. The molecule has 2 heterocycles. The number of nitrogens with one attached hydrogen (secondary N) is 2. The smallest absolute Gasteiger partial charge is 0.397 e. The first-order valence-electron chi connectivity index (χ1n) is 8.04. The molecule has 0 bridgehead atoms. The zero-order valence-electron chi connectivity index (χ0n) is 14.7. The van der Waals surface area contributed by atoms with Gasteiger partial charge in [0.15, 0.2) is 0 Å². The molecule has 8 nitrogen and oxygen atoms in total. The maximum atomic E-state index is 12.4. The quantitative estimate of drug-likeness (QED) is 0.577. The van der Waals surface area contributed by atoms with Crippen LogP contribution < -0.4 is 16.4 Å². The summed E-state index contributed by atoms with van der Waals surface area (Å²) < 4.78 is 38.2. The molecule has 0 unspecified atom stereocenters. The average molecular weight is 391 g/mol. The van der Waals surface area contributed by atoms with Crippen molar-refractivity contribution < 1.29 is 18.0 Å². The van der Waals surface area contributed by atoms with Crippen LogP contribution in [0, 0.1) is 0 Å². The van der Waals surface area contributed by atoms with Crippen LogP contribution in [0.25, 0.3) is 11.1 Å². The molecule has 2 aromatic heterocycles. The number of alkyl halides is 3. The average Bonchev–Trinajstić information content (AvgIpc) is 3.08. The van der Waals surface area contributed by atoms with Crippen molar-refractivity contribution in [2.45, 2.75) is 6.18 Å². The Morgan fingerprint density at radius 3 is 2.57 bits per heavy atom. The molecule has 3 rings (SSSR count). The highest BCUT2D eigenvalue weighted by molar-refractivity contribution is 6.04. The van der Waals surface area contributed by atoms with Gasteiger partial charge in [0.05, 0.1) is 30.0 Å². The number of rotatable bonds is 5. The van der Waals surface area contributed by atoms with Crippen molar-refractivity contribution in [3.05, 3.63) is 48.7 Å². The number of hydrogen-bond acceptors (Lipinski definition) is 6. The highest BCUT2D eigenvalue weighted by atomic mass is 19.4. The van der Waals surface area contributed by atoms with Crippen LogP contribution in [0.5, 0.6) is 0 Å². The van der Waals surface area contributed by atoms with Gasteiger partial charge < -0.3 is 16.4 Å². The van der Waals surface area contributed by atoms with Crippen molar-refractivity contribution in [3.8, 4) is 11.1 Å². The normalized spacial score (nSPS) is 11.3. The fourth-order valence-corrected chi connectivity index (χ4v) is 2.33. The van der Waals surface area contributed by atoms with Crippen LogP contribution >= 0.6 is 0 Å². The number of carbonyl (C=O) groups is 1. The maximum absolute atomic E-state index is 12.4. The molecule has 0 spiro atoms. The zero-order chi connectivity index (χ0) is 20.3. The van der Waals surface area contributed by atoms with E-state index in [1.54, 1.807) is 36.1 Å². The number of hydrogen-bond donors (Lipinski definition) is 3. The lowest BCUT2D eigenvalue weighted by molar-refractivity contribution is -0.115. The van der Waals surface area contributed by atoms with Crippen LogP contribution in [0.1, 0.15) is 10.5 Å². The molecule has 0 aliphatic rings. The number of carbonyl (C=O) groups excluding carboxylic acids is 1. The van der Waals surface area contributed by atoms with Crippen LogP contribution in [-0.4, -0.2) is 38.4 Å². The van der Waals surface area contributed by atoms with Gasteiger partial charge in [-0.2, -0.15) is 18.3 Å². The highest BCUT2D eigenvalue weighted by Crippen LogP contribution is 2.27. The molecule has 0 saturated carbocycles. The first kappa shape index (κ1) is 19.1. The Balaban J connectivity index is 1.72. The molecular formula is C17H16F3N7O. The fourth-order valence-electron chi connectivity index (χ4n) is 2.33. The van der Waals surface area contributed by atoms with Gasteiger partial charge in [0.1, 0.15) is 18.1 Å². The Hall–Kier alpha value is -3.63. The minimum absolute atomic E-state index is 0.0660. The molecule has 0 fully saturated rings. The van der Waals surface area contributed by atoms with Gasteiger partial charge in [-0.25, -0.2) is 9.97 Å². The lowest BCUT2D eigenvalue weighted by atomic mass is 10.1. The topological polar surface area (TPSA) is 111 Å². The second-order valence-electron chi connectivity index (χ2n) is 5.91. The summed E-state index contributed by atoms with van der Waals surface area (Å²) in [5.41, 5.74) is 8.21. The molecule has 3 aromatic rings. The Labute approximate surface area is 157 Å². The molecule has 1 amide bonds. The van der Waals surface area contributed by atoms with E-state index in [-0.39, 0.29) is 11.5 Å². The highest BCUT2D eigenvalue weighted by Gasteiger charge is 2.26. The molecule has 0 saturated heterocycles. The van der Waals surface area contributed by atoms with E-state index in [0.717, 1.165) is 23.5 Å². The molecule has 1 aromatic carbocycles. The predicted molar refractivity (Wildman–Crippen MR) is 97.6 cm³/mol. The van der Waals surface area contributed by atoms with E-state index in [1.807, 2.05) is 6.20 Å². The van der Waals surface area contributed by atoms with Crippen molar-refractivity contribution in [3.63, 3.8) is 0 Å². The van der Waals surface area contributed by atoms with Crippen molar-refractivity contribution >= 4 is 23.1 Å². The fraction of sp³-hybridized carbons (Fsp3) is 0.176. The van der Waals surface area contributed by atoms with E-state index in [0.29, 0.717) is 11.4 Å². The van der Waals surface area contributed by atoms with E-state index in [9.17, 15) is 18.0 Å². The van der Waals surface area contributed by atoms with Gasteiger partial charge in [-0.15, -0.1) is 0 Å². The Morgan fingerprint density at radius 1 is 1.18 bits per heavy atom. The summed E-state index contributed by atoms with van der Waals surface area (Å²) in [5, 5.41) is 8.80. The van der Waals surface area contributed by atoms with Gasteiger partial charge in [-0.1, -0.05) is 6.07 Å². The molecule has 11 heteroatoms. The summed E-state index contributed by atoms with van der Waals surface area (Å²) in [6.45, 7) is -1.25. The number of aryl methyl sites for hydroxylation is 1. The minimum Gasteiger partial charge on any atom is -0.397 e. The largest absolute Gasteiger partial charge is 0.405 e. The third-order valence-corrected chi connectivity index (χ3v) is 3.69. The maximum Gasteiger partial charge on any atom is 0.405 e. The van der Waals surface area contributed by atoms with Gasteiger partial charge in [0.2, 0.25) is 0 Å². The predicted octanol–water partition coefficient (Wildman–Crippen LogP) is 2.69. The van der Waals surface area contributed by atoms with Gasteiger partial charge >= 0.3 is 6.18 Å². The Kier molecular flexibility index (Phi) is 5.16. The molecular weight excluding hydrogens is 375 g/mol. The standard InChI is InChI=1S/C17H16F3N7O/c1-27-8-11(5-25-27)10-2-3-12(21)13(4-10)26-16(28)14-6-23-15(7-22-14)24-9-17(18,19)20/h2-8H,9,21H2,1H3,(H,23,24)(H,26,28). The number of anilines is 3. The molecule has 28 heavy (non-hydrogen) atoms. The molecule has 0 aliphatic heterocycles. The van der Waals surface area contributed by atoms with Gasteiger partial charge in [-0.3, -0.25) is 9.48 Å². The van der Waals surface area contributed by atoms with E-state index in [2.05, 4.69) is 25.7 Å². The van der Waals surface area contributed by atoms with Crippen LogP contribution in [0.2, 0.25) is 0 Å². The third-order valence-electron chi connectivity index (χ3n) is 3.69. The van der Waals surface area contributed by atoms with Crippen LogP contribution in [0.4, 0.5) is 30.4 Å². The summed E-state index contributed by atoms with van der Waals surface area (Å²) in [6.07, 6.45) is 1.24. The first-order chi connectivity index (χ1) is 13.2. The summed E-state index contributed by atoms with van der Waals surface area (Å²) >= 11 is 0. The first-order valence-corrected chi connectivity index (χ1v) is 8.04. The van der Waals surface area contributed by atoms with Gasteiger partial charge in [0, 0.05) is 18.8 Å². The number of halogens is 3. The van der Waals surface area contributed by atoms with Crippen molar-refractivity contribution in [2.24, 2.45) is 7.05 Å². The molecule has 0 atom stereocenters. The summed E-state index contributed by atoms with van der Waals surface area (Å²) in [4.78, 5) is 19.9. The zero-order valence-corrected chi connectivity index (χ0v) is 14.7. The summed E-state index contributed by atoms with van der Waals surface area (Å²) in [5.74, 6) is -0.683. The van der Waals surface area contributed by atoms with Crippen LogP contribution in [0.3, 0.4) is 0 Å². The number of nitrogens with two attached hydrogens (primary N) is 1. The summed E-state index contributed by atoms with van der Waals surface area (Å²) in [6, 6.07) is 5.13. The Morgan fingerprint density at radius 2 is 1.96 bits per heavy atom. The van der Waals surface area contributed by atoms with Crippen LogP contribution in [0.15, 0.2) is 43.0 Å². The number of benzene rings is 1. The minimum atomic E-state index is -4.38. The van der Waals surface area contributed by atoms with Crippen molar-refractivity contribution in [1.82, 2.24) is 19.7 Å². The van der Waals surface area contributed by atoms with E-state index >= 15 is 0 Å². The summed E-state index contributed by atoms with van der Waals surface area (Å²) in [7, 11) is 1.79. The molecule has 0 radical (unpaired) electrons. The van der Waals surface area contributed by atoms with E-state index in [4.69, 9.17) is 5.73 Å². The SMILES string of the molecule is Cn1cc(-c2ccc(N)c(NC(=O)c3cnc(NCC(F)(F)F)cn3)c2)cn1. The lowest BCUT2D eigenvalue weighted by Crippen LogP contribution is -2.22. The lowest BCUT2D eigenvalue weighted by Gasteiger charge is -2.10. The Bertz CT molecular complexity index is 983. The van der Waals surface area contributed by atoms with Crippen LogP contribution in [-0.2, 0) is 7.05 Å². The monoisotopic (exact) mass is 391 g/mol.